The zero-order valence-electron chi connectivity index (χ0n) is 9.30. The van der Waals surface area contributed by atoms with Gasteiger partial charge < -0.3 is 0 Å². The minimum atomic E-state index is -3.63. The molecule has 0 saturated heterocycles. The molecule has 0 aromatic heterocycles. The lowest BCUT2D eigenvalue weighted by atomic mass is 10.2. The normalized spacial score (nSPS) is 11.2. The second-order valence-corrected chi connectivity index (χ2v) is 6.41. The van der Waals surface area contributed by atoms with E-state index in [2.05, 4.69) is 27.2 Å². The van der Waals surface area contributed by atoms with Gasteiger partial charge in [-0.15, -0.1) is 0 Å². The molecule has 8 heteroatoms. The molecule has 0 aliphatic heterocycles. The van der Waals surface area contributed by atoms with Crippen LogP contribution in [0.4, 0.5) is 5.69 Å². The number of benzene rings is 1. The summed E-state index contributed by atoms with van der Waals surface area (Å²) in [6, 6.07) is 5.73. The standard InChI is InChI=1S/C10H11BrN2O4S/c1-8(11)6-12-18(16,17)7-9-4-2-3-5-10(9)13(14)15/h2-5,12H,1,6-7H2. The van der Waals surface area contributed by atoms with Crippen LogP contribution in [0.2, 0.25) is 0 Å². The quantitative estimate of drug-likeness (QED) is 0.635. The number of nitrogens with zero attached hydrogens (tertiary/aromatic N) is 1. The average molecular weight is 335 g/mol. The summed E-state index contributed by atoms with van der Waals surface area (Å²) >= 11 is 3.02. The number of nitro benzene ring substituents is 1. The van der Waals surface area contributed by atoms with E-state index in [0.29, 0.717) is 4.48 Å². The van der Waals surface area contributed by atoms with Crippen LogP contribution in [-0.4, -0.2) is 19.9 Å². The molecule has 0 spiro atoms. The van der Waals surface area contributed by atoms with Gasteiger partial charge >= 0.3 is 0 Å². The van der Waals surface area contributed by atoms with E-state index in [9.17, 15) is 18.5 Å². The highest BCUT2D eigenvalue weighted by Gasteiger charge is 2.19. The second-order valence-electron chi connectivity index (χ2n) is 3.48. The molecular formula is C10H11BrN2O4S. The Bertz CT molecular complexity index is 571. The molecule has 1 N–H and O–H groups in total. The second kappa shape index (κ2) is 6.07. The van der Waals surface area contributed by atoms with Crippen molar-refractivity contribution in [2.24, 2.45) is 0 Å². The first-order valence-corrected chi connectivity index (χ1v) is 7.29. The summed E-state index contributed by atoms with van der Waals surface area (Å²) < 4.78 is 26.1. The molecule has 0 heterocycles. The molecule has 0 radical (unpaired) electrons. The smallest absolute Gasteiger partial charge is 0.258 e. The molecule has 6 nitrogen and oxygen atoms in total. The zero-order valence-corrected chi connectivity index (χ0v) is 11.7. The van der Waals surface area contributed by atoms with Crippen LogP contribution in [0, 0.1) is 10.1 Å². The molecular weight excluding hydrogens is 324 g/mol. The molecule has 0 fully saturated rings. The van der Waals surface area contributed by atoms with Gasteiger partial charge in [-0.3, -0.25) is 10.1 Å². The summed E-state index contributed by atoms with van der Waals surface area (Å²) in [5.41, 5.74) is -0.0595. The summed E-state index contributed by atoms with van der Waals surface area (Å²) in [6.45, 7) is 3.54. The Balaban J connectivity index is 2.90. The molecule has 0 bridgehead atoms. The molecule has 1 aromatic carbocycles. The van der Waals surface area contributed by atoms with Crippen molar-refractivity contribution in [3.8, 4) is 0 Å². The fourth-order valence-electron chi connectivity index (χ4n) is 1.26. The topological polar surface area (TPSA) is 89.3 Å². The summed E-state index contributed by atoms with van der Waals surface area (Å²) in [5.74, 6) is -0.440. The number of hydrogen-bond acceptors (Lipinski definition) is 4. The van der Waals surface area contributed by atoms with Crippen LogP contribution < -0.4 is 4.72 Å². The van der Waals surface area contributed by atoms with Crippen molar-refractivity contribution < 1.29 is 13.3 Å². The van der Waals surface area contributed by atoms with Gasteiger partial charge in [0.2, 0.25) is 10.0 Å². The van der Waals surface area contributed by atoms with Crippen LogP contribution in [-0.2, 0) is 15.8 Å². The van der Waals surface area contributed by atoms with Gasteiger partial charge in [-0.2, -0.15) is 0 Å². The lowest BCUT2D eigenvalue weighted by molar-refractivity contribution is -0.385. The van der Waals surface area contributed by atoms with Gasteiger partial charge in [0.25, 0.3) is 5.69 Å². The van der Waals surface area contributed by atoms with Crippen molar-refractivity contribution in [2.75, 3.05) is 6.54 Å². The average Bonchev–Trinajstić information content (AvgIpc) is 2.26. The number of nitrogens with one attached hydrogen (secondary N) is 1. The van der Waals surface area contributed by atoms with E-state index in [4.69, 9.17) is 0 Å². The van der Waals surface area contributed by atoms with E-state index < -0.39 is 20.7 Å². The van der Waals surface area contributed by atoms with Gasteiger partial charge in [0.05, 0.1) is 10.7 Å². The molecule has 1 rings (SSSR count). The third-order valence-corrected chi connectivity index (χ3v) is 3.57. The maximum atomic E-state index is 11.7. The van der Waals surface area contributed by atoms with Crippen LogP contribution in [0.15, 0.2) is 35.3 Å². The zero-order chi connectivity index (χ0) is 13.8. The number of sulfonamides is 1. The first-order valence-electron chi connectivity index (χ1n) is 4.85. The highest BCUT2D eigenvalue weighted by molar-refractivity contribution is 9.11. The molecule has 0 amide bonds. The van der Waals surface area contributed by atoms with Crippen LogP contribution >= 0.6 is 15.9 Å². The highest BCUT2D eigenvalue weighted by atomic mass is 79.9. The molecule has 0 saturated carbocycles. The fourth-order valence-corrected chi connectivity index (χ4v) is 2.73. The first-order chi connectivity index (χ1) is 8.32. The van der Waals surface area contributed by atoms with Gasteiger partial charge in [0, 0.05) is 22.7 Å². The van der Waals surface area contributed by atoms with E-state index in [0.717, 1.165) is 0 Å². The fraction of sp³-hybridized carbons (Fsp3) is 0.200. The molecule has 1 aromatic rings. The van der Waals surface area contributed by atoms with E-state index in [1.807, 2.05) is 0 Å². The number of para-hydroxylation sites is 1. The lowest BCUT2D eigenvalue weighted by Gasteiger charge is -2.06. The molecule has 0 atom stereocenters. The lowest BCUT2D eigenvalue weighted by Crippen LogP contribution is -2.26. The number of halogens is 1. The first kappa shape index (κ1) is 14.8. The van der Waals surface area contributed by atoms with Crippen molar-refractivity contribution in [1.29, 1.82) is 0 Å². The Morgan fingerprint density at radius 1 is 1.44 bits per heavy atom. The van der Waals surface area contributed by atoms with Crippen molar-refractivity contribution in [3.63, 3.8) is 0 Å². The van der Waals surface area contributed by atoms with Crippen molar-refractivity contribution in [2.45, 2.75) is 5.75 Å². The largest absolute Gasteiger partial charge is 0.273 e. The van der Waals surface area contributed by atoms with Gasteiger partial charge in [-0.1, -0.05) is 40.7 Å². The highest BCUT2D eigenvalue weighted by Crippen LogP contribution is 2.19. The third-order valence-electron chi connectivity index (χ3n) is 2.02. The minimum Gasteiger partial charge on any atom is -0.258 e. The van der Waals surface area contributed by atoms with Crippen LogP contribution in [0.5, 0.6) is 0 Å². The van der Waals surface area contributed by atoms with Crippen LogP contribution in [0.3, 0.4) is 0 Å². The summed E-state index contributed by atoms with van der Waals surface area (Å²) in [5, 5.41) is 10.7. The van der Waals surface area contributed by atoms with Gasteiger partial charge in [0.15, 0.2) is 0 Å². The van der Waals surface area contributed by atoms with E-state index in [1.165, 1.54) is 18.2 Å². The minimum absolute atomic E-state index is 0.0446. The maximum absolute atomic E-state index is 11.7. The predicted octanol–water partition coefficient (Wildman–Crippen LogP) is 1.92. The monoisotopic (exact) mass is 334 g/mol. The van der Waals surface area contributed by atoms with Crippen molar-refractivity contribution >= 4 is 31.6 Å². The number of hydrogen-bond donors (Lipinski definition) is 1. The van der Waals surface area contributed by atoms with Crippen molar-refractivity contribution in [1.82, 2.24) is 4.72 Å². The molecule has 0 unspecified atom stereocenters. The van der Waals surface area contributed by atoms with Crippen LogP contribution in [0.1, 0.15) is 5.56 Å². The Hall–Kier alpha value is -1.25. The Kier molecular flexibility index (Phi) is 5.00. The molecule has 18 heavy (non-hydrogen) atoms. The summed E-state index contributed by atoms with van der Waals surface area (Å²) in [7, 11) is -3.63. The van der Waals surface area contributed by atoms with E-state index in [1.54, 1.807) is 6.07 Å². The van der Waals surface area contributed by atoms with Gasteiger partial charge in [-0.25, -0.2) is 13.1 Å². The summed E-state index contributed by atoms with van der Waals surface area (Å²) in [6.07, 6.45) is 0. The number of rotatable bonds is 6. The third kappa shape index (κ3) is 4.55. The Morgan fingerprint density at radius 3 is 2.61 bits per heavy atom. The van der Waals surface area contributed by atoms with Gasteiger partial charge in [0.1, 0.15) is 0 Å². The molecule has 0 aliphatic rings. The predicted molar refractivity (Wildman–Crippen MR) is 71.8 cm³/mol. The molecule has 98 valence electrons. The Labute approximate surface area is 113 Å². The van der Waals surface area contributed by atoms with E-state index in [-0.39, 0.29) is 17.8 Å². The van der Waals surface area contributed by atoms with Crippen LogP contribution in [0.25, 0.3) is 0 Å². The van der Waals surface area contributed by atoms with Crippen molar-refractivity contribution in [3.05, 3.63) is 51.0 Å². The maximum Gasteiger partial charge on any atom is 0.273 e. The molecule has 0 aliphatic carbocycles. The number of nitro groups is 1. The summed E-state index contributed by atoms with van der Waals surface area (Å²) in [4.78, 5) is 10.1. The SMILES string of the molecule is C=C(Br)CNS(=O)(=O)Cc1ccccc1[N+](=O)[O-]. The van der Waals surface area contributed by atoms with E-state index >= 15 is 0 Å². The Morgan fingerprint density at radius 2 is 2.06 bits per heavy atom. The van der Waals surface area contributed by atoms with Gasteiger partial charge in [-0.05, 0) is 0 Å².